The first-order valence-corrected chi connectivity index (χ1v) is 10.8. The number of hydrogen-bond donors (Lipinski definition) is 3. The molecule has 0 fully saturated rings. The molecule has 28 heavy (non-hydrogen) atoms. The number of benzene rings is 1. The summed E-state index contributed by atoms with van der Waals surface area (Å²) in [5.41, 5.74) is 4.07. The molecule has 0 aliphatic heterocycles. The molecule has 1 heterocycles. The molecule has 3 nitrogen and oxygen atoms in total. The van der Waals surface area contributed by atoms with Gasteiger partial charge in [-0.2, -0.15) is 0 Å². The monoisotopic (exact) mass is 400 g/mol. The minimum Gasteiger partial charge on any atom is -0.507 e. The summed E-state index contributed by atoms with van der Waals surface area (Å²) in [6, 6.07) is 7.76. The Hall–Kier alpha value is -1.88. The van der Waals surface area contributed by atoms with Gasteiger partial charge in [0.1, 0.15) is 5.75 Å². The van der Waals surface area contributed by atoms with Crippen molar-refractivity contribution in [3.63, 3.8) is 0 Å². The molecule has 2 rings (SSSR count). The summed E-state index contributed by atoms with van der Waals surface area (Å²) in [6.45, 7) is 9.77. The van der Waals surface area contributed by atoms with Gasteiger partial charge in [0.2, 0.25) is 0 Å². The fourth-order valence-corrected chi connectivity index (χ4v) is 4.34. The zero-order valence-corrected chi connectivity index (χ0v) is 17.9. The molecule has 0 saturated carbocycles. The predicted octanol–water partition coefficient (Wildman–Crippen LogP) is 5.93. The molecule has 3 N–H and O–H groups in total. The van der Waals surface area contributed by atoms with Crippen LogP contribution in [0, 0.1) is 19.8 Å². The Morgan fingerprint density at radius 2 is 1.86 bits per heavy atom. The molecule has 152 valence electrons. The zero-order valence-electron chi connectivity index (χ0n) is 17.1. The quantitative estimate of drug-likeness (QED) is 0.433. The van der Waals surface area contributed by atoms with Crippen LogP contribution in [0.1, 0.15) is 60.3 Å². The molecule has 0 unspecified atom stereocenters. The van der Waals surface area contributed by atoms with Crippen molar-refractivity contribution in [3.8, 4) is 5.75 Å². The van der Waals surface area contributed by atoms with Gasteiger partial charge >= 0.3 is 0 Å². The van der Waals surface area contributed by atoms with Crippen molar-refractivity contribution in [2.75, 3.05) is 0 Å². The van der Waals surface area contributed by atoms with E-state index in [0.29, 0.717) is 12.2 Å². The molecule has 1 aromatic heterocycles. The summed E-state index contributed by atoms with van der Waals surface area (Å²) in [6.07, 6.45) is 5.75. The molecule has 0 bridgehead atoms. The SMILES string of the molecule is C=C[C@H]([C@H](O)CC/C(=C/c1cc(C)c(O)c(C)c1)CCC)[C@H](O)c1cccs1. The molecule has 0 aliphatic carbocycles. The van der Waals surface area contributed by atoms with Crippen molar-refractivity contribution < 1.29 is 15.3 Å². The highest BCUT2D eigenvalue weighted by molar-refractivity contribution is 7.10. The van der Waals surface area contributed by atoms with Crippen LogP contribution in [0.3, 0.4) is 0 Å². The first-order valence-electron chi connectivity index (χ1n) is 9.89. The second-order valence-electron chi connectivity index (χ2n) is 7.44. The molecule has 0 amide bonds. The van der Waals surface area contributed by atoms with E-state index in [1.807, 2.05) is 43.5 Å². The van der Waals surface area contributed by atoms with E-state index < -0.39 is 12.2 Å². The molecular formula is C24H32O3S. The molecule has 0 saturated heterocycles. The van der Waals surface area contributed by atoms with Gasteiger partial charge in [0.15, 0.2) is 0 Å². The molecule has 3 atom stereocenters. The maximum atomic E-state index is 10.7. The maximum absolute atomic E-state index is 10.7. The first kappa shape index (κ1) is 22.4. The van der Waals surface area contributed by atoms with Gasteiger partial charge in [-0.3, -0.25) is 0 Å². The lowest BCUT2D eigenvalue weighted by Crippen LogP contribution is -2.24. The topological polar surface area (TPSA) is 60.7 Å². The van der Waals surface area contributed by atoms with E-state index in [2.05, 4.69) is 19.6 Å². The van der Waals surface area contributed by atoms with Crippen LogP contribution in [0.2, 0.25) is 0 Å². The number of hydrogen-bond acceptors (Lipinski definition) is 4. The number of aliphatic hydroxyl groups excluding tert-OH is 2. The van der Waals surface area contributed by atoms with Crippen LogP contribution in [0.25, 0.3) is 6.08 Å². The molecular weight excluding hydrogens is 368 g/mol. The Kier molecular flexibility index (Phi) is 8.49. The Morgan fingerprint density at radius 3 is 2.39 bits per heavy atom. The minimum absolute atomic E-state index is 0.348. The van der Waals surface area contributed by atoms with E-state index >= 15 is 0 Å². The number of allylic oxidation sites excluding steroid dienone is 1. The Balaban J connectivity index is 2.10. The van der Waals surface area contributed by atoms with E-state index in [0.717, 1.165) is 40.8 Å². The Bertz CT molecular complexity index is 769. The molecule has 0 aliphatic rings. The Morgan fingerprint density at radius 1 is 1.18 bits per heavy atom. The Labute approximate surface area is 172 Å². The van der Waals surface area contributed by atoms with Crippen molar-refractivity contribution in [2.24, 2.45) is 5.92 Å². The van der Waals surface area contributed by atoms with E-state index in [4.69, 9.17) is 0 Å². The van der Waals surface area contributed by atoms with Crippen LogP contribution in [0.15, 0.2) is 47.9 Å². The largest absolute Gasteiger partial charge is 0.507 e. The molecule has 4 heteroatoms. The fraction of sp³-hybridized carbons (Fsp3) is 0.417. The van der Waals surface area contributed by atoms with E-state index in [1.54, 1.807) is 6.08 Å². The third kappa shape index (κ3) is 5.81. The number of aromatic hydroxyl groups is 1. The number of aryl methyl sites for hydroxylation is 2. The lowest BCUT2D eigenvalue weighted by atomic mass is 9.89. The number of phenolic OH excluding ortho intramolecular Hbond substituents is 1. The second kappa shape index (κ2) is 10.6. The molecule has 0 radical (unpaired) electrons. The van der Waals surface area contributed by atoms with Gasteiger partial charge in [0.05, 0.1) is 12.2 Å². The molecule has 1 aromatic carbocycles. The van der Waals surface area contributed by atoms with Crippen LogP contribution in [-0.4, -0.2) is 21.4 Å². The molecule has 2 aromatic rings. The summed E-state index contributed by atoms with van der Waals surface area (Å²) in [5, 5.41) is 33.2. The summed E-state index contributed by atoms with van der Waals surface area (Å²) in [5.74, 6) is -0.0410. The minimum atomic E-state index is -0.728. The van der Waals surface area contributed by atoms with Crippen molar-refractivity contribution in [2.45, 2.75) is 58.7 Å². The average Bonchev–Trinajstić information content (AvgIpc) is 3.19. The zero-order chi connectivity index (χ0) is 20.7. The van der Waals surface area contributed by atoms with Crippen LogP contribution in [-0.2, 0) is 0 Å². The van der Waals surface area contributed by atoms with Gasteiger partial charge in [0, 0.05) is 10.8 Å². The number of rotatable bonds is 10. The van der Waals surface area contributed by atoms with Crippen LogP contribution < -0.4 is 0 Å². The van der Waals surface area contributed by atoms with Crippen LogP contribution in [0.5, 0.6) is 5.75 Å². The van der Waals surface area contributed by atoms with Gasteiger partial charge in [-0.25, -0.2) is 0 Å². The van der Waals surface area contributed by atoms with Crippen molar-refractivity contribution in [3.05, 3.63) is 69.4 Å². The number of thiophene rings is 1. The highest BCUT2D eigenvalue weighted by Crippen LogP contribution is 2.32. The van der Waals surface area contributed by atoms with Crippen molar-refractivity contribution in [1.82, 2.24) is 0 Å². The van der Waals surface area contributed by atoms with Crippen LogP contribution in [0.4, 0.5) is 0 Å². The predicted molar refractivity (Wildman–Crippen MR) is 119 cm³/mol. The highest BCUT2D eigenvalue weighted by Gasteiger charge is 2.26. The van der Waals surface area contributed by atoms with Crippen LogP contribution >= 0.6 is 11.3 Å². The third-order valence-corrected chi connectivity index (χ3v) is 6.08. The fourth-order valence-electron chi connectivity index (χ4n) is 3.57. The lowest BCUT2D eigenvalue weighted by Gasteiger charge is -2.24. The maximum Gasteiger partial charge on any atom is 0.121 e. The summed E-state index contributed by atoms with van der Waals surface area (Å²) < 4.78 is 0. The normalized spacial score (nSPS) is 15.2. The number of phenols is 1. The summed E-state index contributed by atoms with van der Waals surface area (Å²) in [4.78, 5) is 0.850. The number of aliphatic hydroxyl groups is 2. The first-order chi connectivity index (χ1) is 13.4. The smallest absolute Gasteiger partial charge is 0.121 e. The average molecular weight is 401 g/mol. The summed E-state index contributed by atoms with van der Waals surface area (Å²) in [7, 11) is 0. The standard InChI is InChI=1S/C24H32O3S/c1-5-8-18(15-19-13-16(3)23(26)17(4)14-19)10-11-21(25)20(6-2)24(27)22-9-7-12-28-22/h6-7,9,12-15,20-21,24-27H,2,5,8,10-11H2,1,3-4H3/b18-15+/t20-,21-,24+/m1/s1. The van der Waals surface area contributed by atoms with Crippen molar-refractivity contribution in [1.29, 1.82) is 0 Å². The second-order valence-corrected chi connectivity index (χ2v) is 8.41. The van der Waals surface area contributed by atoms with Gasteiger partial charge in [0.25, 0.3) is 0 Å². The van der Waals surface area contributed by atoms with Gasteiger partial charge in [-0.1, -0.05) is 37.1 Å². The third-order valence-electron chi connectivity index (χ3n) is 5.13. The molecule has 0 spiro atoms. The van der Waals surface area contributed by atoms with E-state index in [9.17, 15) is 15.3 Å². The van der Waals surface area contributed by atoms with E-state index in [1.165, 1.54) is 16.9 Å². The lowest BCUT2D eigenvalue weighted by molar-refractivity contribution is 0.0336. The van der Waals surface area contributed by atoms with Crippen molar-refractivity contribution >= 4 is 17.4 Å². The highest BCUT2D eigenvalue weighted by atomic mass is 32.1. The van der Waals surface area contributed by atoms with E-state index in [-0.39, 0.29) is 5.92 Å². The van der Waals surface area contributed by atoms with Gasteiger partial charge in [-0.15, -0.1) is 17.9 Å². The van der Waals surface area contributed by atoms with Gasteiger partial charge in [-0.05, 0) is 73.4 Å². The summed E-state index contributed by atoms with van der Waals surface area (Å²) >= 11 is 1.49. The van der Waals surface area contributed by atoms with Gasteiger partial charge < -0.3 is 15.3 Å².